The summed E-state index contributed by atoms with van der Waals surface area (Å²) in [6.07, 6.45) is -2.50. The van der Waals surface area contributed by atoms with E-state index in [1.165, 1.54) is 29.2 Å². The van der Waals surface area contributed by atoms with Gasteiger partial charge in [-0.05, 0) is 49.5 Å². The van der Waals surface area contributed by atoms with Gasteiger partial charge < -0.3 is 4.57 Å². The predicted octanol–water partition coefficient (Wildman–Crippen LogP) is 3.25. The van der Waals surface area contributed by atoms with E-state index in [9.17, 15) is 17.6 Å². The zero-order chi connectivity index (χ0) is 19.2. The lowest BCUT2D eigenvalue weighted by Gasteiger charge is -2.28. The first-order valence-electron chi connectivity index (χ1n) is 8.85. The van der Waals surface area contributed by atoms with Gasteiger partial charge in [0.25, 0.3) is 0 Å². The first kappa shape index (κ1) is 18.0. The van der Waals surface area contributed by atoms with Crippen LogP contribution in [0.4, 0.5) is 23.2 Å². The van der Waals surface area contributed by atoms with Gasteiger partial charge in [0.15, 0.2) is 5.69 Å². The standard InChI is InChI=1S/C20H19F4N3/c1-25-8-10-26(11-9-25)19-13-27(16-5-3-15(21)4-6-16)18-7-2-14(12-17(18)19)20(22,23)24/h2-7,12-13H,8-11H2,1H3/p+1. The van der Waals surface area contributed by atoms with Crippen LogP contribution in [0, 0.1) is 5.82 Å². The Balaban J connectivity index is 1.88. The van der Waals surface area contributed by atoms with Crippen LogP contribution < -0.4 is 4.90 Å². The number of rotatable bonds is 2. The lowest BCUT2D eigenvalue weighted by molar-refractivity contribution is -0.836. The minimum Gasteiger partial charge on any atom is -0.310 e. The maximum absolute atomic E-state index is 13.3. The SMILES string of the molecule is CN1CC[NH+](c2cn(-c3ccc(F)cc3)c3ccc(C(F)(F)F)cc23)CC1. The van der Waals surface area contributed by atoms with Gasteiger partial charge in [0.2, 0.25) is 0 Å². The molecule has 1 fully saturated rings. The summed E-state index contributed by atoms with van der Waals surface area (Å²) in [5.41, 5.74) is 1.62. The predicted molar refractivity (Wildman–Crippen MR) is 96.1 cm³/mol. The second kappa shape index (κ2) is 6.65. The lowest BCUT2D eigenvalue weighted by atomic mass is 10.1. The zero-order valence-corrected chi connectivity index (χ0v) is 14.9. The summed E-state index contributed by atoms with van der Waals surface area (Å²) >= 11 is 0. The van der Waals surface area contributed by atoms with Gasteiger partial charge in [-0.3, -0.25) is 9.80 Å². The van der Waals surface area contributed by atoms with Crippen LogP contribution >= 0.6 is 0 Å². The molecular formula is C20H20F4N3+. The number of likely N-dealkylation sites (N-methyl/N-ethyl adjacent to an activating group) is 1. The Bertz CT molecular complexity index is 952. The Kier molecular flexibility index (Phi) is 4.44. The normalized spacial score (nSPS) is 16.9. The molecule has 7 heteroatoms. The Morgan fingerprint density at radius 2 is 1.63 bits per heavy atom. The van der Waals surface area contributed by atoms with Gasteiger partial charge in [0.05, 0.1) is 35.8 Å². The molecule has 4 rings (SSSR count). The fourth-order valence-corrected chi connectivity index (χ4v) is 3.66. The number of quaternary nitrogens is 1. The third kappa shape index (κ3) is 3.44. The summed E-state index contributed by atoms with van der Waals surface area (Å²) in [7, 11) is 2.04. The van der Waals surface area contributed by atoms with Gasteiger partial charge in [0.1, 0.15) is 5.82 Å². The quantitative estimate of drug-likeness (QED) is 0.676. The molecular weight excluding hydrogens is 358 g/mol. The number of aromatic nitrogens is 1. The molecule has 1 aliphatic rings. The van der Waals surface area contributed by atoms with Crippen molar-refractivity contribution in [3.05, 3.63) is 60.0 Å². The Hall–Kier alpha value is -2.38. The summed E-state index contributed by atoms with van der Waals surface area (Å²) in [5.74, 6) is -0.348. The van der Waals surface area contributed by atoms with E-state index in [4.69, 9.17) is 0 Å². The molecule has 1 aromatic heterocycles. The topological polar surface area (TPSA) is 12.6 Å². The number of piperazine rings is 1. The fraction of sp³-hybridized carbons (Fsp3) is 0.300. The Labute approximate surface area is 154 Å². The summed E-state index contributed by atoms with van der Waals surface area (Å²) in [6.45, 7) is 3.43. The van der Waals surface area contributed by atoms with Crippen LogP contribution in [0.2, 0.25) is 0 Å². The highest BCUT2D eigenvalue weighted by Gasteiger charge is 2.32. The summed E-state index contributed by atoms with van der Waals surface area (Å²) in [4.78, 5) is 3.38. The van der Waals surface area contributed by atoms with Crippen molar-refractivity contribution >= 4 is 16.6 Å². The molecule has 0 saturated carbocycles. The largest absolute Gasteiger partial charge is 0.416 e. The first-order valence-corrected chi connectivity index (χ1v) is 8.85. The van der Waals surface area contributed by atoms with Crippen LogP contribution in [0.3, 0.4) is 0 Å². The molecule has 0 atom stereocenters. The number of fused-ring (bicyclic) bond motifs is 1. The molecule has 1 aliphatic heterocycles. The van der Waals surface area contributed by atoms with Crippen molar-refractivity contribution in [1.82, 2.24) is 9.47 Å². The maximum Gasteiger partial charge on any atom is 0.416 e. The van der Waals surface area contributed by atoms with Crippen molar-refractivity contribution < 1.29 is 22.5 Å². The van der Waals surface area contributed by atoms with E-state index in [-0.39, 0.29) is 5.82 Å². The second-order valence-corrected chi connectivity index (χ2v) is 7.03. The number of halogens is 4. The Morgan fingerprint density at radius 1 is 0.963 bits per heavy atom. The van der Waals surface area contributed by atoms with E-state index in [1.807, 2.05) is 17.8 Å². The van der Waals surface area contributed by atoms with Crippen LogP contribution in [0.25, 0.3) is 16.6 Å². The van der Waals surface area contributed by atoms with Crippen molar-refractivity contribution in [3.63, 3.8) is 0 Å². The van der Waals surface area contributed by atoms with Crippen LogP contribution in [0.15, 0.2) is 48.7 Å². The molecule has 3 aromatic rings. The van der Waals surface area contributed by atoms with Gasteiger partial charge in [0, 0.05) is 18.8 Å². The average Bonchev–Trinajstić information content (AvgIpc) is 3.01. The third-order valence-corrected chi connectivity index (χ3v) is 5.21. The van der Waals surface area contributed by atoms with Gasteiger partial charge in [-0.15, -0.1) is 0 Å². The lowest BCUT2D eigenvalue weighted by Crippen LogP contribution is -3.10. The molecule has 0 radical (unpaired) electrons. The summed E-state index contributed by atoms with van der Waals surface area (Å²) in [5, 5.41) is 0.591. The molecule has 3 nitrogen and oxygen atoms in total. The molecule has 142 valence electrons. The number of hydrogen-bond donors (Lipinski definition) is 1. The van der Waals surface area contributed by atoms with E-state index < -0.39 is 11.7 Å². The van der Waals surface area contributed by atoms with Crippen LogP contribution in [-0.2, 0) is 6.18 Å². The van der Waals surface area contributed by atoms with E-state index in [0.717, 1.165) is 43.6 Å². The summed E-state index contributed by atoms with van der Waals surface area (Å²) in [6, 6.07) is 9.81. The highest BCUT2D eigenvalue weighted by atomic mass is 19.4. The van der Waals surface area contributed by atoms with Crippen LogP contribution in [-0.4, -0.2) is 42.7 Å². The third-order valence-electron chi connectivity index (χ3n) is 5.21. The van der Waals surface area contributed by atoms with E-state index >= 15 is 0 Å². The van der Waals surface area contributed by atoms with Crippen LogP contribution in [0.5, 0.6) is 0 Å². The molecule has 1 N–H and O–H groups in total. The molecule has 0 unspecified atom stereocenters. The van der Waals surface area contributed by atoms with E-state index in [0.29, 0.717) is 10.9 Å². The van der Waals surface area contributed by atoms with Crippen molar-refractivity contribution in [2.75, 3.05) is 33.2 Å². The number of hydrogen-bond acceptors (Lipinski definition) is 1. The molecule has 0 bridgehead atoms. The molecule has 0 spiro atoms. The highest BCUT2D eigenvalue weighted by molar-refractivity contribution is 5.91. The highest BCUT2D eigenvalue weighted by Crippen LogP contribution is 2.34. The van der Waals surface area contributed by atoms with Gasteiger partial charge in [-0.2, -0.15) is 13.2 Å². The second-order valence-electron chi connectivity index (χ2n) is 7.03. The van der Waals surface area contributed by atoms with Crippen molar-refractivity contribution in [2.45, 2.75) is 6.18 Å². The molecule has 2 aromatic carbocycles. The summed E-state index contributed by atoms with van der Waals surface area (Å²) < 4.78 is 54.9. The Morgan fingerprint density at radius 3 is 2.26 bits per heavy atom. The van der Waals surface area contributed by atoms with E-state index in [2.05, 4.69) is 4.90 Å². The van der Waals surface area contributed by atoms with Gasteiger partial charge >= 0.3 is 6.18 Å². The average molecular weight is 378 g/mol. The first-order chi connectivity index (χ1) is 12.8. The smallest absolute Gasteiger partial charge is 0.310 e. The molecule has 0 amide bonds. The molecule has 2 heterocycles. The maximum atomic E-state index is 13.3. The minimum absolute atomic E-state index is 0.348. The van der Waals surface area contributed by atoms with Crippen molar-refractivity contribution in [2.24, 2.45) is 0 Å². The number of alkyl halides is 3. The zero-order valence-electron chi connectivity index (χ0n) is 14.9. The fourth-order valence-electron chi connectivity index (χ4n) is 3.66. The van der Waals surface area contributed by atoms with Gasteiger partial charge in [-0.1, -0.05) is 0 Å². The monoisotopic (exact) mass is 378 g/mol. The minimum atomic E-state index is -4.39. The van der Waals surface area contributed by atoms with Crippen molar-refractivity contribution in [1.29, 1.82) is 0 Å². The molecule has 1 saturated heterocycles. The van der Waals surface area contributed by atoms with Gasteiger partial charge in [-0.25, -0.2) is 4.39 Å². The van der Waals surface area contributed by atoms with Crippen molar-refractivity contribution in [3.8, 4) is 5.69 Å². The van der Waals surface area contributed by atoms with E-state index in [1.54, 1.807) is 12.1 Å². The number of nitrogens with zero attached hydrogens (tertiary/aromatic N) is 2. The molecule has 0 aliphatic carbocycles. The molecule has 27 heavy (non-hydrogen) atoms. The number of nitrogens with one attached hydrogen (secondary N) is 1. The number of benzene rings is 2. The van der Waals surface area contributed by atoms with Crippen LogP contribution in [0.1, 0.15) is 5.56 Å².